The molecule has 0 aliphatic carbocycles. The van der Waals surface area contributed by atoms with Gasteiger partial charge < -0.3 is 18.9 Å². The first-order valence-corrected chi connectivity index (χ1v) is 13.8. The van der Waals surface area contributed by atoms with E-state index in [1.54, 1.807) is 31.3 Å². The zero-order valence-corrected chi connectivity index (χ0v) is 24.1. The van der Waals surface area contributed by atoms with Crippen LogP contribution in [0.2, 0.25) is 10.0 Å². The number of amides is 1. The van der Waals surface area contributed by atoms with Crippen molar-refractivity contribution in [2.24, 2.45) is 4.99 Å². The molecule has 1 heterocycles. The van der Waals surface area contributed by atoms with Crippen molar-refractivity contribution in [2.45, 2.75) is 13.5 Å². The Morgan fingerprint density at radius 1 is 0.949 bits per heavy atom. The number of hydrogen-bond acceptors (Lipinski definition) is 7. The van der Waals surface area contributed by atoms with E-state index in [1.165, 1.54) is 11.8 Å². The second-order valence-corrected chi connectivity index (χ2v) is 10.2. The number of thioether (sulfide) groups is 1. The second-order valence-electron chi connectivity index (χ2n) is 8.33. The van der Waals surface area contributed by atoms with Crippen molar-refractivity contribution in [2.75, 3.05) is 34.0 Å². The third-order valence-corrected chi connectivity index (χ3v) is 7.39. The Morgan fingerprint density at radius 3 is 2.44 bits per heavy atom. The number of ether oxygens (including phenoxy) is 4. The molecule has 0 N–H and O–H groups in total. The Hall–Kier alpha value is -3.17. The number of carbonyl (C=O) groups excluding carboxylic acids is 1. The van der Waals surface area contributed by atoms with Gasteiger partial charge in [0.25, 0.3) is 5.91 Å². The molecule has 3 aromatic carbocycles. The Kier molecular flexibility index (Phi) is 10.2. The number of halogens is 2. The van der Waals surface area contributed by atoms with Gasteiger partial charge in [0.1, 0.15) is 12.4 Å². The lowest BCUT2D eigenvalue weighted by Crippen LogP contribution is -2.32. The van der Waals surface area contributed by atoms with Crippen LogP contribution >= 0.6 is 35.0 Å². The van der Waals surface area contributed by atoms with Crippen LogP contribution in [0.3, 0.4) is 0 Å². The van der Waals surface area contributed by atoms with Crippen molar-refractivity contribution in [1.82, 2.24) is 4.90 Å². The quantitative estimate of drug-likeness (QED) is 0.221. The largest absolute Gasteiger partial charge is 0.497 e. The van der Waals surface area contributed by atoms with Gasteiger partial charge in [0, 0.05) is 7.11 Å². The van der Waals surface area contributed by atoms with E-state index in [-0.39, 0.29) is 5.91 Å². The SMILES string of the molecule is CCOc1cc(/C=C2\SC(=Nc3ccc(OC)cc3)N(CCOC)C2=O)ccc1OCc1ccc(Cl)c(Cl)c1. The summed E-state index contributed by atoms with van der Waals surface area (Å²) in [5, 5.41) is 1.54. The summed E-state index contributed by atoms with van der Waals surface area (Å²) in [7, 11) is 3.21. The van der Waals surface area contributed by atoms with E-state index >= 15 is 0 Å². The average Bonchev–Trinajstić information content (AvgIpc) is 3.22. The minimum atomic E-state index is -0.137. The molecule has 4 rings (SSSR count). The van der Waals surface area contributed by atoms with Crippen molar-refractivity contribution >= 4 is 57.8 Å². The van der Waals surface area contributed by atoms with Gasteiger partial charge in [0.05, 0.1) is 47.5 Å². The van der Waals surface area contributed by atoms with Gasteiger partial charge in [-0.1, -0.05) is 35.3 Å². The molecule has 1 amide bonds. The Balaban J connectivity index is 1.57. The van der Waals surface area contributed by atoms with E-state index in [9.17, 15) is 4.79 Å². The van der Waals surface area contributed by atoms with Crippen LogP contribution in [0.15, 0.2) is 70.6 Å². The minimum Gasteiger partial charge on any atom is -0.497 e. The van der Waals surface area contributed by atoms with Crippen LogP contribution < -0.4 is 14.2 Å². The molecule has 10 heteroatoms. The first-order chi connectivity index (χ1) is 18.9. The minimum absolute atomic E-state index is 0.137. The van der Waals surface area contributed by atoms with E-state index in [0.717, 1.165) is 22.6 Å². The number of methoxy groups -OCH3 is 2. The third-order valence-electron chi connectivity index (χ3n) is 5.65. The molecule has 0 saturated carbocycles. The van der Waals surface area contributed by atoms with E-state index in [2.05, 4.69) is 0 Å². The molecule has 0 spiro atoms. The Labute approximate surface area is 242 Å². The summed E-state index contributed by atoms with van der Waals surface area (Å²) in [6.45, 7) is 3.44. The molecule has 204 valence electrons. The highest BCUT2D eigenvalue weighted by molar-refractivity contribution is 8.18. The summed E-state index contributed by atoms with van der Waals surface area (Å²) in [5.74, 6) is 1.76. The molecule has 0 unspecified atom stereocenters. The molecule has 1 aliphatic heterocycles. The summed E-state index contributed by atoms with van der Waals surface area (Å²) in [5.41, 5.74) is 2.40. The fourth-order valence-electron chi connectivity index (χ4n) is 3.68. The van der Waals surface area contributed by atoms with E-state index in [0.29, 0.717) is 58.0 Å². The first kappa shape index (κ1) is 28.8. The lowest BCUT2D eigenvalue weighted by molar-refractivity contribution is -0.122. The predicted molar refractivity (Wildman–Crippen MR) is 158 cm³/mol. The highest BCUT2D eigenvalue weighted by Crippen LogP contribution is 2.36. The standard InChI is InChI=1S/C29H28Cl2N2O5S/c1-4-37-26-16-19(6-12-25(26)38-18-20-5-11-23(30)24(31)15-20)17-27-28(34)33(13-14-35-2)29(39-27)32-21-7-9-22(36-3)10-8-21/h5-12,15-17H,4,13-14,18H2,1-3H3/b27-17-,32-29?. The smallest absolute Gasteiger partial charge is 0.266 e. The monoisotopic (exact) mass is 586 g/mol. The van der Waals surface area contributed by atoms with Gasteiger partial charge in [-0.25, -0.2) is 4.99 Å². The molecule has 1 fully saturated rings. The fourth-order valence-corrected chi connectivity index (χ4v) is 5.03. The number of nitrogens with zero attached hydrogens (tertiary/aromatic N) is 2. The Morgan fingerprint density at radius 2 is 1.74 bits per heavy atom. The summed E-state index contributed by atoms with van der Waals surface area (Å²) in [4.78, 5) is 20.2. The molecule has 39 heavy (non-hydrogen) atoms. The lowest BCUT2D eigenvalue weighted by atomic mass is 10.1. The van der Waals surface area contributed by atoms with Crippen molar-refractivity contribution in [3.05, 3.63) is 86.7 Å². The van der Waals surface area contributed by atoms with Gasteiger partial charge in [-0.2, -0.15) is 0 Å². The number of rotatable bonds is 11. The molecular formula is C29H28Cl2N2O5S. The van der Waals surface area contributed by atoms with E-state index < -0.39 is 0 Å². The first-order valence-electron chi connectivity index (χ1n) is 12.2. The zero-order valence-electron chi connectivity index (χ0n) is 21.8. The normalized spacial score (nSPS) is 15.3. The highest BCUT2D eigenvalue weighted by Gasteiger charge is 2.33. The number of benzene rings is 3. The fraction of sp³-hybridized carbons (Fsp3) is 0.241. The molecule has 0 aromatic heterocycles. The number of hydrogen-bond donors (Lipinski definition) is 0. The third kappa shape index (κ3) is 7.48. The number of carbonyl (C=O) groups is 1. The van der Waals surface area contributed by atoms with Gasteiger partial charge in [0.2, 0.25) is 0 Å². The van der Waals surface area contributed by atoms with Crippen LogP contribution in [0.25, 0.3) is 6.08 Å². The maximum Gasteiger partial charge on any atom is 0.266 e. The van der Waals surface area contributed by atoms with Crippen LogP contribution in [0.1, 0.15) is 18.1 Å². The second kappa shape index (κ2) is 13.8. The zero-order chi connectivity index (χ0) is 27.8. The van der Waals surface area contributed by atoms with Crippen molar-refractivity contribution in [1.29, 1.82) is 0 Å². The summed E-state index contributed by atoms with van der Waals surface area (Å²) in [6.07, 6.45) is 1.83. The topological polar surface area (TPSA) is 69.6 Å². The van der Waals surface area contributed by atoms with Crippen molar-refractivity contribution in [3.63, 3.8) is 0 Å². The van der Waals surface area contributed by atoms with Crippen molar-refractivity contribution < 1.29 is 23.7 Å². The maximum atomic E-state index is 13.3. The Bertz CT molecular complexity index is 1380. The van der Waals surface area contributed by atoms with Crippen LogP contribution in [0, 0.1) is 0 Å². The summed E-state index contributed by atoms with van der Waals surface area (Å²) in [6, 6.07) is 18.3. The van der Waals surface area contributed by atoms with Crippen molar-refractivity contribution in [3.8, 4) is 17.2 Å². The van der Waals surface area contributed by atoms with Crippen LogP contribution in [-0.4, -0.2) is 50.0 Å². The molecule has 1 aliphatic rings. The number of aliphatic imine (C=N–C) groups is 1. The average molecular weight is 588 g/mol. The molecule has 7 nitrogen and oxygen atoms in total. The van der Waals surface area contributed by atoms with Gasteiger partial charge in [0.15, 0.2) is 16.7 Å². The van der Waals surface area contributed by atoms with E-state index in [4.69, 9.17) is 47.1 Å². The summed E-state index contributed by atoms with van der Waals surface area (Å²) < 4.78 is 22.3. The van der Waals surface area contributed by atoms with Crippen LogP contribution in [-0.2, 0) is 16.1 Å². The van der Waals surface area contributed by atoms with Crippen LogP contribution in [0.4, 0.5) is 5.69 Å². The molecule has 0 atom stereocenters. The molecular weight excluding hydrogens is 559 g/mol. The molecule has 1 saturated heterocycles. The maximum absolute atomic E-state index is 13.3. The van der Waals surface area contributed by atoms with Gasteiger partial charge in [-0.3, -0.25) is 9.69 Å². The van der Waals surface area contributed by atoms with Gasteiger partial charge in [-0.05, 0) is 84.4 Å². The summed E-state index contributed by atoms with van der Waals surface area (Å²) >= 11 is 13.5. The number of amidine groups is 1. The molecule has 0 bridgehead atoms. The lowest BCUT2D eigenvalue weighted by Gasteiger charge is -2.14. The van der Waals surface area contributed by atoms with E-state index in [1.807, 2.05) is 61.5 Å². The molecule has 0 radical (unpaired) electrons. The van der Waals surface area contributed by atoms with Crippen LogP contribution in [0.5, 0.6) is 17.2 Å². The highest BCUT2D eigenvalue weighted by atomic mass is 35.5. The predicted octanol–water partition coefficient (Wildman–Crippen LogP) is 7.23. The molecule has 3 aromatic rings. The van der Waals surface area contributed by atoms with Gasteiger partial charge in [-0.15, -0.1) is 0 Å². The van der Waals surface area contributed by atoms with Gasteiger partial charge >= 0.3 is 0 Å².